The molecule has 0 saturated carbocycles. The number of fused-ring (bicyclic) bond motifs is 1. The Morgan fingerprint density at radius 2 is 1.79 bits per heavy atom. The molecule has 0 aliphatic carbocycles. The number of carboxylic acid groups (broad SMARTS) is 1. The van der Waals surface area contributed by atoms with Gasteiger partial charge in [-0.05, 0) is 30.9 Å². The van der Waals surface area contributed by atoms with Gasteiger partial charge >= 0.3 is 5.97 Å². The van der Waals surface area contributed by atoms with Crippen LogP contribution in [-0.4, -0.2) is 40.0 Å². The summed E-state index contributed by atoms with van der Waals surface area (Å²) in [6.07, 6.45) is 0.971. The molecule has 0 atom stereocenters. The van der Waals surface area contributed by atoms with Crippen LogP contribution in [0.1, 0.15) is 34.1 Å². The SMILES string of the molecule is CC(=O)N1CCc2c(C)[nH]c(=O)c(C(=O)O)c2CC1. The predicted octanol–water partition coefficient (Wildman–Crippen LogP) is 0.329. The Labute approximate surface area is 110 Å². The third-order valence-corrected chi connectivity index (χ3v) is 3.57. The minimum Gasteiger partial charge on any atom is -0.477 e. The van der Waals surface area contributed by atoms with Crippen molar-refractivity contribution in [2.24, 2.45) is 0 Å². The summed E-state index contributed by atoms with van der Waals surface area (Å²) in [5.41, 5.74) is 1.35. The summed E-state index contributed by atoms with van der Waals surface area (Å²) in [4.78, 5) is 38.7. The summed E-state index contributed by atoms with van der Waals surface area (Å²) in [6.45, 7) is 4.25. The monoisotopic (exact) mass is 264 g/mol. The van der Waals surface area contributed by atoms with Crippen molar-refractivity contribution in [1.82, 2.24) is 9.88 Å². The number of hydrogen-bond donors (Lipinski definition) is 2. The van der Waals surface area contributed by atoms with Crippen LogP contribution in [0.5, 0.6) is 0 Å². The van der Waals surface area contributed by atoms with Crippen LogP contribution in [0.25, 0.3) is 0 Å². The second kappa shape index (κ2) is 4.87. The molecule has 1 amide bonds. The van der Waals surface area contributed by atoms with Crippen LogP contribution in [0, 0.1) is 6.92 Å². The average molecular weight is 264 g/mol. The van der Waals surface area contributed by atoms with Gasteiger partial charge < -0.3 is 15.0 Å². The number of nitrogens with one attached hydrogen (secondary N) is 1. The summed E-state index contributed by atoms with van der Waals surface area (Å²) in [7, 11) is 0. The van der Waals surface area contributed by atoms with Crippen LogP contribution in [0.15, 0.2) is 4.79 Å². The Morgan fingerprint density at radius 1 is 1.21 bits per heavy atom. The summed E-state index contributed by atoms with van der Waals surface area (Å²) < 4.78 is 0. The van der Waals surface area contributed by atoms with Crippen molar-refractivity contribution in [1.29, 1.82) is 0 Å². The van der Waals surface area contributed by atoms with E-state index in [2.05, 4.69) is 4.98 Å². The van der Waals surface area contributed by atoms with Crippen molar-refractivity contribution in [2.75, 3.05) is 13.1 Å². The second-order valence-corrected chi connectivity index (χ2v) is 4.72. The Morgan fingerprint density at radius 3 is 2.32 bits per heavy atom. The van der Waals surface area contributed by atoms with Gasteiger partial charge in [-0.2, -0.15) is 0 Å². The predicted molar refractivity (Wildman–Crippen MR) is 68.4 cm³/mol. The van der Waals surface area contributed by atoms with Gasteiger partial charge in [-0.1, -0.05) is 0 Å². The van der Waals surface area contributed by atoms with Gasteiger partial charge in [0.1, 0.15) is 5.56 Å². The van der Waals surface area contributed by atoms with E-state index in [1.807, 2.05) is 0 Å². The van der Waals surface area contributed by atoms with Crippen molar-refractivity contribution < 1.29 is 14.7 Å². The third kappa shape index (κ3) is 2.38. The molecule has 0 saturated heterocycles. The van der Waals surface area contributed by atoms with Gasteiger partial charge in [0, 0.05) is 25.7 Å². The van der Waals surface area contributed by atoms with Crippen molar-refractivity contribution >= 4 is 11.9 Å². The number of rotatable bonds is 1. The van der Waals surface area contributed by atoms with E-state index in [1.54, 1.807) is 11.8 Å². The number of nitrogens with zero attached hydrogens (tertiary/aromatic N) is 1. The highest BCUT2D eigenvalue weighted by Crippen LogP contribution is 2.20. The molecule has 0 bridgehead atoms. The number of H-pyrrole nitrogens is 1. The van der Waals surface area contributed by atoms with Gasteiger partial charge in [0.2, 0.25) is 5.91 Å². The zero-order chi connectivity index (χ0) is 14.2. The van der Waals surface area contributed by atoms with Crippen LogP contribution in [0.4, 0.5) is 0 Å². The molecule has 0 fully saturated rings. The minimum absolute atomic E-state index is 0.0336. The molecule has 0 unspecified atom stereocenters. The first-order chi connectivity index (χ1) is 8.91. The molecular weight excluding hydrogens is 248 g/mol. The summed E-state index contributed by atoms with van der Waals surface area (Å²) >= 11 is 0. The Balaban J connectivity index is 2.54. The Hall–Kier alpha value is -2.11. The average Bonchev–Trinajstić information content (AvgIpc) is 2.51. The largest absolute Gasteiger partial charge is 0.477 e. The molecule has 6 heteroatoms. The maximum Gasteiger partial charge on any atom is 0.341 e. The maximum absolute atomic E-state index is 11.8. The summed E-state index contributed by atoms with van der Waals surface area (Å²) in [5, 5.41) is 9.18. The molecule has 0 spiro atoms. The lowest BCUT2D eigenvalue weighted by molar-refractivity contribution is -0.128. The normalized spacial score (nSPS) is 14.7. The number of carboxylic acids is 1. The first-order valence-corrected chi connectivity index (χ1v) is 6.15. The highest BCUT2D eigenvalue weighted by molar-refractivity contribution is 5.89. The molecule has 6 nitrogen and oxygen atoms in total. The molecule has 0 radical (unpaired) electrons. The van der Waals surface area contributed by atoms with E-state index < -0.39 is 11.5 Å². The van der Waals surface area contributed by atoms with Crippen LogP contribution in [0.3, 0.4) is 0 Å². The highest BCUT2D eigenvalue weighted by Gasteiger charge is 2.24. The van der Waals surface area contributed by atoms with E-state index in [9.17, 15) is 19.5 Å². The molecule has 2 N–H and O–H groups in total. The molecule has 1 aromatic rings. The van der Waals surface area contributed by atoms with E-state index in [4.69, 9.17) is 0 Å². The fourth-order valence-corrected chi connectivity index (χ4v) is 2.58. The molecule has 1 aliphatic heterocycles. The number of aromatic nitrogens is 1. The molecular formula is C13H16N2O4. The number of hydrogen-bond acceptors (Lipinski definition) is 3. The van der Waals surface area contributed by atoms with E-state index in [1.165, 1.54) is 6.92 Å². The standard InChI is InChI=1S/C13H16N2O4/c1-7-9-3-5-15(8(2)16)6-4-10(9)11(13(18)19)12(17)14-7/h3-6H2,1-2H3,(H,14,17)(H,18,19). The van der Waals surface area contributed by atoms with E-state index in [0.717, 1.165) is 5.56 Å². The number of aromatic amines is 1. The lowest BCUT2D eigenvalue weighted by atomic mass is 9.97. The maximum atomic E-state index is 11.8. The van der Waals surface area contributed by atoms with Crippen LogP contribution in [0.2, 0.25) is 0 Å². The zero-order valence-corrected chi connectivity index (χ0v) is 10.9. The number of carbonyl (C=O) groups is 2. The molecule has 1 aromatic heterocycles. The lowest BCUT2D eigenvalue weighted by Gasteiger charge is -2.17. The Bertz CT molecular complexity index is 603. The Kier molecular flexibility index (Phi) is 3.42. The first kappa shape index (κ1) is 13.3. The van der Waals surface area contributed by atoms with Crippen molar-refractivity contribution in [3.63, 3.8) is 0 Å². The third-order valence-electron chi connectivity index (χ3n) is 3.57. The van der Waals surface area contributed by atoms with Gasteiger partial charge in [0.05, 0.1) is 0 Å². The van der Waals surface area contributed by atoms with Gasteiger partial charge in [-0.3, -0.25) is 9.59 Å². The van der Waals surface area contributed by atoms with Gasteiger partial charge in [0.15, 0.2) is 0 Å². The minimum atomic E-state index is -1.21. The van der Waals surface area contributed by atoms with Crippen molar-refractivity contribution in [3.8, 4) is 0 Å². The molecule has 19 heavy (non-hydrogen) atoms. The van der Waals surface area contributed by atoms with Crippen molar-refractivity contribution in [3.05, 3.63) is 32.7 Å². The van der Waals surface area contributed by atoms with Gasteiger partial charge in [0.25, 0.3) is 5.56 Å². The number of amides is 1. The van der Waals surface area contributed by atoms with Crippen molar-refractivity contribution in [2.45, 2.75) is 26.7 Å². The summed E-state index contributed by atoms with van der Waals surface area (Å²) in [5.74, 6) is -1.25. The number of pyridine rings is 1. The van der Waals surface area contributed by atoms with Crippen LogP contribution in [-0.2, 0) is 17.6 Å². The van der Waals surface area contributed by atoms with E-state index in [-0.39, 0.29) is 11.5 Å². The molecule has 0 aromatic carbocycles. The van der Waals surface area contributed by atoms with E-state index >= 15 is 0 Å². The molecule has 2 heterocycles. The molecule has 102 valence electrons. The number of aryl methyl sites for hydroxylation is 1. The first-order valence-electron chi connectivity index (χ1n) is 6.15. The van der Waals surface area contributed by atoms with E-state index in [0.29, 0.717) is 37.2 Å². The van der Waals surface area contributed by atoms with Crippen LogP contribution >= 0.6 is 0 Å². The van der Waals surface area contributed by atoms with Crippen LogP contribution < -0.4 is 5.56 Å². The number of aromatic carboxylic acids is 1. The quantitative estimate of drug-likeness (QED) is 0.764. The highest BCUT2D eigenvalue weighted by atomic mass is 16.4. The number of carbonyl (C=O) groups excluding carboxylic acids is 1. The lowest BCUT2D eigenvalue weighted by Crippen LogP contribution is -2.31. The van der Waals surface area contributed by atoms with Gasteiger partial charge in [-0.15, -0.1) is 0 Å². The van der Waals surface area contributed by atoms with Gasteiger partial charge in [-0.25, -0.2) is 4.79 Å². The molecule has 1 aliphatic rings. The second-order valence-electron chi connectivity index (χ2n) is 4.72. The topological polar surface area (TPSA) is 90.5 Å². The fourth-order valence-electron chi connectivity index (χ4n) is 2.58. The summed E-state index contributed by atoms with van der Waals surface area (Å²) in [6, 6.07) is 0. The smallest absolute Gasteiger partial charge is 0.341 e. The fraction of sp³-hybridized carbons (Fsp3) is 0.462. The molecule has 2 rings (SSSR count). The zero-order valence-electron chi connectivity index (χ0n) is 10.9.